The Balaban J connectivity index is 2.15. The standard InChI is InChI=1S/C15H12F3NO2/c16-15(17,18)12-4-2-1-3-10(12)13-11(7-8-20)14(21-19-13)9-5-6-9/h1-4,8-9H,5-7H2. The molecule has 1 aromatic carbocycles. The van der Waals surface area contributed by atoms with Crippen LogP contribution in [0.4, 0.5) is 13.2 Å². The summed E-state index contributed by atoms with van der Waals surface area (Å²) >= 11 is 0. The van der Waals surface area contributed by atoms with Crippen LogP contribution in [0.2, 0.25) is 0 Å². The molecule has 3 nitrogen and oxygen atoms in total. The molecule has 0 bridgehead atoms. The van der Waals surface area contributed by atoms with Crippen molar-refractivity contribution in [2.75, 3.05) is 0 Å². The summed E-state index contributed by atoms with van der Waals surface area (Å²) in [6.45, 7) is 0. The second kappa shape index (κ2) is 5.02. The van der Waals surface area contributed by atoms with Gasteiger partial charge in [-0.25, -0.2) is 0 Å². The maximum Gasteiger partial charge on any atom is 0.417 e. The Kier molecular flexibility index (Phi) is 3.31. The molecule has 0 spiro atoms. The first-order valence-electron chi connectivity index (χ1n) is 6.61. The summed E-state index contributed by atoms with van der Waals surface area (Å²) in [5.74, 6) is 0.730. The number of nitrogens with zero attached hydrogens (tertiary/aromatic N) is 1. The van der Waals surface area contributed by atoms with Crippen molar-refractivity contribution in [3.05, 3.63) is 41.2 Å². The van der Waals surface area contributed by atoms with Gasteiger partial charge in [-0.3, -0.25) is 0 Å². The first-order valence-corrected chi connectivity index (χ1v) is 6.61. The molecule has 3 rings (SSSR count). The molecule has 0 saturated heterocycles. The molecule has 0 amide bonds. The van der Waals surface area contributed by atoms with Crippen LogP contribution in [0.1, 0.15) is 35.6 Å². The molecular formula is C15H12F3NO2. The molecule has 1 fully saturated rings. The highest BCUT2D eigenvalue weighted by molar-refractivity contribution is 5.72. The van der Waals surface area contributed by atoms with Gasteiger partial charge in [0.15, 0.2) is 0 Å². The average Bonchev–Trinajstić information content (AvgIpc) is 3.20. The number of hydrogen-bond donors (Lipinski definition) is 0. The van der Waals surface area contributed by atoms with Crippen molar-refractivity contribution >= 4 is 6.29 Å². The SMILES string of the molecule is O=CCc1c(-c2ccccc2C(F)(F)F)noc1C1CC1. The van der Waals surface area contributed by atoms with Crippen LogP contribution in [-0.4, -0.2) is 11.4 Å². The van der Waals surface area contributed by atoms with Crippen LogP contribution in [0.15, 0.2) is 28.8 Å². The molecule has 21 heavy (non-hydrogen) atoms. The van der Waals surface area contributed by atoms with Crippen LogP contribution in [0, 0.1) is 0 Å². The molecule has 0 atom stereocenters. The predicted octanol–water partition coefficient (Wildman–Crippen LogP) is 3.98. The number of hydrogen-bond acceptors (Lipinski definition) is 3. The van der Waals surface area contributed by atoms with Crippen molar-refractivity contribution in [2.45, 2.75) is 31.4 Å². The summed E-state index contributed by atoms with van der Waals surface area (Å²) in [5.41, 5.74) is -0.216. The van der Waals surface area contributed by atoms with Crippen molar-refractivity contribution in [1.82, 2.24) is 5.16 Å². The maximum absolute atomic E-state index is 13.1. The topological polar surface area (TPSA) is 43.1 Å². The van der Waals surface area contributed by atoms with E-state index in [1.54, 1.807) is 0 Å². The van der Waals surface area contributed by atoms with Crippen LogP contribution in [0.5, 0.6) is 0 Å². The van der Waals surface area contributed by atoms with E-state index in [0.717, 1.165) is 18.9 Å². The Labute approximate surface area is 118 Å². The van der Waals surface area contributed by atoms with Crippen molar-refractivity contribution in [2.24, 2.45) is 0 Å². The third-order valence-corrected chi connectivity index (χ3v) is 3.54. The summed E-state index contributed by atoms with van der Waals surface area (Å²) in [7, 11) is 0. The minimum absolute atomic E-state index is 0.0108. The number of benzene rings is 1. The van der Waals surface area contributed by atoms with Gasteiger partial charge >= 0.3 is 6.18 Å². The predicted molar refractivity (Wildman–Crippen MR) is 68.7 cm³/mol. The van der Waals surface area contributed by atoms with E-state index in [0.29, 0.717) is 17.6 Å². The van der Waals surface area contributed by atoms with Gasteiger partial charge in [0.25, 0.3) is 0 Å². The Bertz CT molecular complexity index is 672. The molecule has 0 unspecified atom stereocenters. The number of rotatable bonds is 4. The Morgan fingerprint density at radius 1 is 1.29 bits per heavy atom. The van der Waals surface area contributed by atoms with E-state index in [9.17, 15) is 18.0 Å². The first-order chi connectivity index (χ1) is 10.0. The van der Waals surface area contributed by atoms with E-state index in [1.807, 2.05) is 0 Å². The van der Waals surface area contributed by atoms with E-state index >= 15 is 0 Å². The highest BCUT2D eigenvalue weighted by Crippen LogP contribution is 2.45. The molecule has 1 aliphatic rings. The monoisotopic (exact) mass is 295 g/mol. The third-order valence-electron chi connectivity index (χ3n) is 3.54. The minimum Gasteiger partial charge on any atom is -0.360 e. The number of aldehydes is 1. The molecule has 1 saturated carbocycles. The number of carbonyl (C=O) groups is 1. The number of aromatic nitrogens is 1. The highest BCUT2D eigenvalue weighted by Gasteiger charge is 2.37. The number of halogens is 3. The van der Waals surface area contributed by atoms with Gasteiger partial charge in [-0.15, -0.1) is 0 Å². The molecule has 1 aromatic heterocycles. The lowest BCUT2D eigenvalue weighted by atomic mass is 9.98. The molecule has 1 heterocycles. The Morgan fingerprint density at radius 3 is 2.62 bits per heavy atom. The summed E-state index contributed by atoms with van der Waals surface area (Å²) in [6, 6.07) is 5.20. The molecule has 0 aliphatic heterocycles. The van der Waals surface area contributed by atoms with Gasteiger partial charge in [-0.1, -0.05) is 23.4 Å². The molecule has 0 radical (unpaired) electrons. The van der Waals surface area contributed by atoms with Gasteiger partial charge in [-0.2, -0.15) is 13.2 Å². The van der Waals surface area contributed by atoms with Crippen molar-refractivity contribution in [3.63, 3.8) is 0 Å². The quantitative estimate of drug-likeness (QED) is 0.801. The van der Waals surface area contributed by atoms with Gasteiger partial charge < -0.3 is 9.32 Å². The first kappa shape index (κ1) is 13.9. The van der Waals surface area contributed by atoms with Gasteiger partial charge in [-0.05, 0) is 18.9 Å². The van der Waals surface area contributed by atoms with E-state index < -0.39 is 11.7 Å². The molecular weight excluding hydrogens is 283 g/mol. The molecule has 0 N–H and O–H groups in total. The van der Waals surface area contributed by atoms with Crippen molar-refractivity contribution in [1.29, 1.82) is 0 Å². The molecule has 2 aromatic rings. The fraction of sp³-hybridized carbons (Fsp3) is 0.333. The largest absolute Gasteiger partial charge is 0.417 e. The summed E-state index contributed by atoms with van der Waals surface area (Å²) < 4.78 is 44.5. The lowest BCUT2D eigenvalue weighted by molar-refractivity contribution is -0.137. The van der Waals surface area contributed by atoms with Crippen molar-refractivity contribution < 1.29 is 22.5 Å². The smallest absolute Gasteiger partial charge is 0.360 e. The van der Waals surface area contributed by atoms with Gasteiger partial charge in [0.05, 0.1) is 5.56 Å². The van der Waals surface area contributed by atoms with Gasteiger partial charge in [0, 0.05) is 23.5 Å². The molecule has 1 aliphatic carbocycles. The second-order valence-corrected chi connectivity index (χ2v) is 5.06. The lowest BCUT2D eigenvalue weighted by Crippen LogP contribution is -2.07. The zero-order chi connectivity index (χ0) is 15.0. The number of carbonyl (C=O) groups excluding carboxylic acids is 1. The number of alkyl halides is 3. The van der Waals surface area contributed by atoms with Crippen LogP contribution in [0.25, 0.3) is 11.3 Å². The van der Waals surface area contributed by atoms with Gasteiger partial charge in [0.2, 0.25) is 0 Å². The highest BCUT2D eigenvalue weighted by atomic mass is 19.4. The zero-order valence-electron chi connectivity index (χ0n) is 11.0. The fourth-order valence-corrected chi connectivity index (χ4v) is 2.42. The van der Waals surface area contributed by atoms with E-state index in [-0.39, 0.29) is 23.6 Å². The average molecular weight is 295 g/mol. The lowest BCUT2D eigenvalue weighted by Gasteiger charge is -2.11. The Morgan fingerprint density at radius 2 is 2.00 bits per heavy atom. The minimum atomic E-state index is -4.48. The zero-order valence-corrected chi connectivity index (χ0v) is 11.0. The van der Waals surface area contributed by atoms with Crippen LogP contribution in [-0.2, 0) is 17.4 Å². The Hall–Kier alpha value is -2.11. The van der Waals surface area contributed by atoms with E-state index in [1.165, 1.54) is 18.2 Å². The second-order valence-electron chi connectivity index (χ2n) is 5.06. The summed E-state index contributed by atoms with van der Waals surface area (Å²) in [4.78, 5) is 10.8. The van der Waals surface area contributed by atoms with Crippen LogP contribution >= 0.6 is 0 Å². The van der Waals surface area contributed by atoms with Gasteiger partial charge in [0.1, 0.15) is 17.7 Å². The van der Waals surface area contributed by atoms with Crippen molar-refractivity contribution in [3.8, 4) is 11.3 Å². The summed E-state index contributed by atoms with van der Waals surface area (Å²) in [6.07, 6.45) is -1.97. The molecule has 6 heteroatoms. The van der Waals surface area contributed by atoms with Crippen LogP contribution in [0.3, 0.4) is 0 Å². The van der Waals surface area contributed by atoms with E-state index in [2.05, 4.69) is 5.16 Å². The normalized spacial score (nSPS) is 15.2. The fourth-order valence-electron chi connectivity index (χ4n) is 2.42. The molecule has 110 valence electrons. The van der Waals surface area contributed by atoms with Crippen LogP contribution < -0.4 is 0 Å². The maximum atomic E-state index is 13.1. The van der Waals surface area contributed by atoms with E-state index in [4.69, 9.17) is 4.52 Å². The third kappa shape index (κ3) is 2.57. The summed E-state index contributed by atoms with van der Waals surface area (Å²) in [5, 5.41) is 3.81.